The van der Waals surface area contributed by atoms with Crippen molar-refractivity contribution in [3.8, 4) is 5.75 Å². The Morgan fingerprint density at radius 2 is 1.76 bits per heavy atom. The lowest BCUT2D eigenvalue weighted by Gasteiger charge is -2.19. The zero-order chi connectivity index (χ0) is 20.6. The molecule has 0 saturated carbocycles. The highest BCUT2D eigenvalue weighted by Gasteiger charge is 2.21. The molecule has 0 aliphatic heterocycles. The van der Waals surface area contributed by atoms with Gasteiger partial charge in [0.25, 0.3) is 5.91 Å². The summed E-state index contributed by atoms with van der Waals surface area (Å²) < 4.78 is 23.4. The first-order valence-electron chi connectivity index (χ1n) is 8.99. The van der Waals surface area contributed by atoms with E-state index >= 15 is 0 Å². The number of esters is 1. The molecular weight excluding hydrogens is 393 g/mol. The Kier molecular flexibility index (Phi) is 6.97. The van der Waals surface area contributed by atoms with Gasteiger partial charge in [-0.1, -0.05) is 36.4 Å². The second-order valence-corrected chi connectivity index (χ2v) is 7.23. The van der Waals surface area contributed by atoms with Crippen LogP contribution in [0.4, 0.5) is 4.39 Å². The molecule has 0 bridgehead atoms. The van der Waals surface area contributed by atoms with Gasteiger partial charge in [-0.2, -0.15) is 0 Å². The molecule has 0 radical (unpaired) electrons. The van der Waals surface area contributed by atoms with E-state index in [1.807, 2.05) is 47.8 Å². The Bertz CT molecular complexity index is 929. The largest absolute Gasteiger partial charge is 0.479 e. The molecule has 0 fully saturated rings. The molecule has 7 heteroatoms. The van der Waals surface area contributed by atoms with E-state index in [-0.39, 0.29) is 6.04 Å². The normalized spacial score (nSPS) is 12.6. The molecule has 1 aromatic heterocycles. The second kappa shape index (κ2) is 9.84. The molecule has 2 aromatic carbocycles. The quantitative estimate of drug-likeness (QED) is 0.565. The summed E-state index contributed by atoms with van der Waals surface area (Å²) in [6.45, 7) is 1.08. The summed E-state index contributed by atoms with van der Waals surface area (Å²) in [5.74, 6) is -1.17. The number of thiophene rings is 1. The summed E-state index contributed by atoms with van der Waals surface area (Å²) in [5, 5.41) is 4.83. The van der Waals surface area contributed by atoms with Crippen molar-refractivity contribution in [3.05, 3.63) is 88.4 Å². The summed E-state index contributed by atoms with van der Waals surface area (Å²) in [5.41, 5.74) is 0.933. The van der Waals surface area contributed by atoms with Crippen LogP contribution in [0.3, 0.4) is 0 Å². The van der Waals surface area contributed by atoms with Gasteiger partial charge in [0.05, 0.1) is 6.04 Å². The lowest BCUT2D eigenvalue weighted by Crippen LogP contribution is -2.35. The van der Waals surface area contributed by atoms with Crippen molar-refractivity contribution >= 4 is 23.2 Å². The van der Waals surface area contributed by atoms with Gasteiger partial charge in [0, 0.05) is 4.88 Å². The monoisotopic (exact) mass is 413 g/mol. The molecule has 0 unspecified atom stereocenters. The number of amides is 1. The predicted octanol–water partition coefficient (Wildman–Crippen LogP) is 4.10. The van der Waals surface area contributed by atoms with E-state index in [2.05, 4.69) is 5.32 Å². The van der Waals surface area contributed by atoms with Gasteiger partial charge in [-0.05, 0) is 48.2 Å². The van der Waals surface area contributed by atoms with E-state index in [1.165, 1.54) is 42.5 Å². The first-order chi connectivity index (χ1) is 14.0. The van der Waals surface area contributed by atoms with Crippen LogP contribution >= 0.6 is 11.3 Å². The zero-order valence-electron chi connectivity index (χ0n) is 15.7. The van der Waals surface area contributed by atoms with Crippen LogP contribution in [0.1, 0.15) is 23.4 Å². The third kappa shape index (κ3) is 5.89. The highest BCUT2D eigenvalue weighted by Crippen LogP contribution is 2.25. The van der Waals surface area contributed by atoms with Crippen LogP contribution in [0.15, 0.2) is 72.1 Å². The van der Waals surface area contributed by atoms with Gasteiger partial charge in [-0.15, -0.1) is 11.3 Å². The van der Waals surface area contributed by atoms with E-state index in [4.69, 9.17) is 9.47 Å². The lowest BCUT2D eigenvalue weighted by molar-refractivity contribution is -0.154. The van der Waals surface area contributed by atoms with Crippen molar-refractivity contribution in [3.63, 3.8) is 0 Å². The highest BCUT2D eigenvalue weighted by molar-refractivity contribution is 7.10. The molecule has 1 amide bonds. The van der Waals surface area contributed by atoms with Crippen LogP contribution < -0.4 is 10.1 Å². The number of rotatable bonds is 8. The number of halogens is 1. The van der Waals surface area contributed by atoms with Crippen LogP contribution in [-0.2, 0) is 14.3 Å². The van der Waals surface area contributed by atoms with E-state index in [9.17, 15) is 14.0 Å². The molecule has 150 valence electrons. The number of hydrogen-bond donors (Lipinski definition) is 1. The molecule has 0 aliphatic rings. The van der Waals surface area contributed by atoms with Crippen molar-refractivity contribution in [1.82, 2.24) is 5.32 Å². The third-order valence-electron chi connectivity index (χ3n) is 4.07. The maximum absolute atomic E-state index is 12.9. The second-order valence-electron chi connectivity index (χ2n) is 6.25. The van der Waals surface area contributed by atoms with Gasteiger partial charge in [0.15, 0.2) is 12.7 Å². The van der Waals surface area contributed by atoms with Crippen LogP contribution in [0.25, 0.3) is 0 Å². The molecule has 3 aromatic rings. The number of benzene rings is 2. The van der Waals surface area contributed by atoms with E-state index in [1.54, 1.807) is 0 Å². The fraction of sp³-hybridized carbons (Fsp3) is 0.182. The standard InChI is InChI=1S/C22H20FNO4S/c1-15(28-18-11-9-17(23)10-12-18)22(26)27-14-20(25)24-21(19-8-5-13-29-19)16-6-3-2-4-7-16/h2-13,15,21H,14H2,1H3,(H,24,25)/t15-,21+/m0/s1. The van der Waals surface area contributed by atoms with Crippen molar-refractivity contribution in [1.29, 1.82) is 0 Å². The van der Waals surface area contributed by atoms with E-state index in [0.717, 1.165) is 10.4 Å². The molecule has 0 saturated heterocycles. The Morgan fingerprint density at radius 3 is 2.41 bits per heavy atom. The van der Waals surface area contributed by atoms with Gasteiger partial charge in [0.1, 0.15) is 11.6 Å². The van der Waals surface area contributed by atoms with Gasteiger partial charge in [-0.3, -0.25) is 4.79 Å². The number of ether oxygens (including phenoxy) is 2. The average molecular weight is 413 g/mol. The molecule has 1 heterocycles. The molecule has 2 atom stereocenters. The molecule has 0 spiro atoms. The molecular formula is C22H20FNO4S. The van der Waals surface area contributed by atoms with Gasteiger partial charge in [0.2, 0.25) is 0 Å². The number of nitrogens with one attached hydrogen (secondary N) is 1. The van der Waals surface area contributed by atoms with Gasteiger partial charge >= 0.3 is 5.97 Å². The smallest absolute Gasteiger partial charge is 0.347 e. The van der Waals surface area contributed by atoms with Crippen LogP contribution in [0.2, 0.25) is 0 Å². The number of hydrogen-bond acceptors (Lipinski definition) is 5. The fourth-order valence-electron chi connectivity index (χ4n) is 2.64. The molecule has 0 aliphatic carbocycles. The summed E-state index contributed by atoms with van der Waals surface area (Å²) >= 11 is 1.53. The Balaban J connectivity index is 1.55. The minimum absolute atomic E-state index is 0.324. The number of carbonyl (C=O) groups is 2. The SMILES string of the molecule is C[C@H](Oc1ccc(F)cc1)C(=O)OCC(=O)N[C@H](c1ccccc1)c1cccs1. The Hall–Kier alpha value is -3.19. The van der Waals surface area contributed by atoms with Gasteiger partial charge in [-0.25, -0.2) is 9.18 Å². The average Bonchev–Trinajstić information content (AvgIpc) is 3.27. The van der Waals surface area contributed by atoms with Crippen molar-refractivity contribution in [2.75, 3.05) is 6.61 Å². The first kappa shape index (κ1) is 20.5. The summed E-state index contributed by atoms with van der Waals surface area (Å²) in [6.07, 6.45) is -0.935. The maximum Gasteiger partial charge on any atom is 0.347 e. The Labute approximate surface area is 172 Å². The highest BCUT2D eigenvalue weighted by atomic mass is 32.1. The van der Waals surface area contributed by atoms with Crippen molar-refractivity contribution < 1.29 is 23.5 Å². The minimum Gasteiger partial charge on any atom is -0.479 e. The van der Waals surface area contributed by atoms with Crippen LogP contribution in [0, 0.1) is 5.82 Å². The summed E-state index contributed by atoms with van der Waals surface area (Å²) in [7, 11) is 0. The van der Waals surface area contributed by atoms with Crippen molar-refractivity contribution in [2.24, 2.45) is 0 Å². The van der Waals surface area contributed by atoms with Gasteiger partial charge < -0.3 is 14.8 Å². The lowest BCUT2D eigenvalue weighted by atomic mass is 10.1. The molecule has 3 rings (SSSR count). The third-order valence-corrected chi connectivity index (χ3v) is 5.01. The van der Waals surface area contributed by atoms with Crippen molar-refractivity contribution in [2.45, 2.75) is 19.1 Å². The maximum atomic E-state index is 12.9. The topological polar surface area (TPSA) is 64.6 Å². The van der Waals surface area contributed by atoms with E-state index < -0.39 is 30.4 Å². The first-order valence-corrected chi connectivity index (χ1v) is 9.87. The fourth-order valence-corrected chi connectivity index (χ4v) is 3.44. The molecule has 29 heavy (non-hydrogen) atoms. The molecule has 1 N–H and O–H groups in total. The predicted molar refractivity (Wildman–Crippen MR) is 108 cm³/mol. The minimum atomic E-state index is -0.935. The van der Waals surface area contributed by atoms with Crippen LogP contribution in [-0.4, -0.2) is 24.6 Å². The van der Waals surface area contributed by atoms with E-state index in [0.29, 0.717) is 5.75 Å². The van der Waals surface area contributed by atoms with Crippen LogP contribution in [0.5, 0.6) is 5.75 Å². The summed E-state index contributed by atoms with van der Waals surface area (Å²) in [6, 6.07) is 18.4. The molecule has 5 nitrogen and oxygen atoms in total. The zero-order valence-corrected chi connectivity index (χ0v) is 16.5. The summed E-state index contributed by atoms with van der Waals surface area (Å²) in [4.78, 5) is 25.5. The Morgan fingerprint density at radius 1 is 1.03 bits per heavy atom. The number of carbonyl (C=O) groups excluding carboxylic acids is 2.